The monoisotopic (exact) mass is 415 g/mol. The van der Waals surface area contributed by atoms with Gasteiger partial charge in [-0.15, -0.1) is 0 Å². The summed E-state index contributed by atoms with van der Waals surface area (Å²) in [4.78, 5) is 24.7. The van der Waals surface area contributed by atoms with Crippen LogP contribution in [-0.4, -0.2) is 25.2 Å². The highest BCUT2D eigenvalue weighted by molar-refractivity contribution is 5.88. The quantitative estimate of drug-likeness (QED) is 0.325. The van der Waals surface area contributed by atoms with Crippen LogP contribution in [0.25, 0.3) is 0 Å². The van der Waals surface area contributed by atoms with Crippen LogP contribution in [0.15, 0.2) is 103 Å². The third kappa shape index (κ3) is 5.01. The van der Waals surface area contributed by atoms with E-state index in [1.54, 1.807) is 6.92 Å². The molecule has 31 heavy (non-hydrogen) atoms. The number of benzene rings is 3. The van der Waals surface area contributed by atoms with E-state index in [2.05, 4.69) is 11.9 Å². The number of alkyl carbamates (subject to hydrolysis) is 1. The number of hydrogen-bond donors (Lipinski definition) is 1. The van der Waals surface area contributed by atoms with Crippen molar-refractivity contribution in [1.29, 1.82) is 0 Å². The molecule has 5 heteroatoms. The number of hydrogen-bond acceptors (Lipinski definition) is 4. The van der Waals surface area contributed by atoms with Crippen LogP contribution >= 0.6 is 0 Å². The fourth-order valence-corrected chi connectivity index (χ4v) is 3.35. The number of ether oxygens (including phenoxy) is 2. The van der Waals surface area contributed by atoms with Gasteiger partial charge in [0, 0.05) is 22.3 Å². The van der Waals surface area contributed by atoms with Gasteiger partial charge >= 0.3 is 12.1 Å². The second-order valence-electron chi connectivity index (χ2n) is 6.85. The van der Waals surface area contributed by atoms with Crippen molar-refractivity contribution in [1.82, 2.24) is 5.32 Å². The van der Waals surface area contributed by atoms with Crippen molar-refractivity contribution in [3.8, 4) is 0 Å². The average Bonchev–Trinajstić information content (AvgIpc) is 2.83. The van der Waals surface area contributed by atoms with Crippen molar-refractivity contribution >= 4 is 12.1 Å². The zero-order valence-corrected chi connectivity index (χ0v) is 17.4. The van der Waals surface area contributed by atoms with Gasteiger partial charge in [0.1, 0.15) is 0 Å². The van der Waals surface area contributed by atoms with E-state index >= 15 is 0 Å². The minimum absolute atomic E-state index is 0.0773. The lowest BCUT2D eigenvalue weighted by molar-refractivity contribution is -0.138. The highest BCUT2D eigenvalue weighted by Crippen LogP contribution is 2.40. The van der Waals surface area contributed by atoms with E-state index in [0.29, 0.717) is 0 Å². The number of esters is 1. The third-order valence-electron chi connectivity index (χ3n) is 4.80. The molecule has 0 unspecified atom stereocenters. The molecule has 0 aliphatic rings. The Balaban J connectivity index is 1.99. The molecular weight excluding hydrogens is 390 g/mol. The largest absolute Gasteiger partial charge is 0.463 e. The molecule has 0 fully saturated rings. The zero-order chi connectivity index (χ0) is 22.1. The Kier molecular flexibility index (Phi) is 7.22. The van der Waals surface area contributed by atoms with Crippen molar-refractivity contribution < 1.29 is 19.1 Å². The molecule has 158 valence electrons. The maximum Gasteiger partial charge on any atom is 0.408 e. The molecule has 1 N–H and O–H groups in total. The molecule has 0 aromatic heterocycles. The topological polar surface area (TPSA) is 64.6 Å². The minimum atomic E-state index is -1.18. The van der Waals surface area contributed by atoms with E-state index in [4.69, 9.17) is 9.47 Å². The van der Waals surface area contributed by atoms with Crippen molar-refractivity contribution in [3.05, 3.63) is 120 Å². The van der Waals surface area contributed by atoms with Crippen LogP contribution in [0.2, 0.25) is 0 Å². The molecule has 1 amide bonds. The molecule has 3 rings (SSSR count). The van der Waals surface area contributed by atoms with Crippen LogP contribution in [0.3, 0.4) is 0 Å². The van der Waals surface area contributed by atoms with Crippen molar-refractivity contribution in [3.63, 3.8) is 0 Å². The Labute approximate surface area is 182 Å². The van der Waals surface area contributed by atoms with Crippen LogP contribution in [0.4, 0.5) is 4.79 Å². The summed E-state index contributed by atoms with van der Waals surface area (Å²) >= 11 is 0. The predicted molar refractivity (Wildman–Crippen MR) is 119 cm³/mol. The standard InChI is InChI=1S/C26H25NO4/c1-3-30-24(28)20(2)19-27-25(29)31-26(21-13-7-4-8-14-21,22-15-9-5-10-16-22)23-17-11-6-12-18-23/h4-18H,2-3,19H2,1H3,(H,27,29). The van der Waals surface area contributed by atoms with Gasteiger partial charge in [0.25, 0.3) is 0 Å². The van der Waals surface area contributed by atoms with E-state index in [1.165, 1.54) is 0 Å². The Morgan fingerprint density at radius 1 is 0.806 bits per heavy atom. The molecule has 3 aromatic carbocycles. The Bertz CT molecular complexity index is 920. The number of nitrogens with one attached hydrogen (secondary N) is 1. The minimum Gasteiger partial charge on any atom is -0.463 e. The van der Waals surface area contributed by atoms with E-state index in [9.17, 15) is 9.59 Å². The number of carbonyl (C=O) groups is 2. The smallest absolute Gasteiger partial charge is 0.408 e. The number of carbonyl (C=O) groups excluding carboxylic acids is 2. The van der Waals surface area contributed by atoms with Gasteiger partial charge in [-0.2, -0.15) is 0 Å². The molecule has 3 aromatic rings. The normalized spacial score (nSPS) is 10.7. The van der Waals surface area contributed by atoms with Crippen LogP contribution < -0.4 is 5.32 Å². The first-order valence-corrected chi connectivity index (χ1v) is 10.1. The van der Waals surface area contributed by atoms with E-state index in [1.807, 2.05) is 91.0 Å². The lowest BCUT2D eigenvalue weighted by atomic mass is 9.80. The van der Waals surface area contributed by atoms with E-state index in [0.717, 1.165) is 16.7 Å². The Hall–Kier alpha value is -3.86. The van der Waals surface area contributed by atoms with Gasteiger partial charge in [0.05, 0.1) is 13.2 Å². The average molecular weight is 415 g/mol. The van der Waals surface area contributed by atoms with Gasteiger partial charge in [-0.3, -0.25) is 0 Å². The lowest BCUT2D eigenvalue weighted by Crippen LogP contribution is -2.40. The lowest BCUT2D eigenvalue weighted by Gasteiger charge is -2.35. The molecule has 0 bridgehead atoms. The molecule has 0 aliphatic carbocycles. The summed E-state index contributed by atoms with van der Waals surface area (Å²) in [5, 5.41) is 2.62. The predicted octanol–water partition coefficient (Wildman–Crippen LogP) is 4.82. The van der Waals surface area contributed by atoms with Gasteiger partial charge in [-0.1, -0.05) is 97.6 Å². The summed E-state index contributed by atoms with van der Waals surface area (Å²) in [5.74, 6) is -0.553. The molecule has 0 spiro atoms. The van der Waals surface area contributed by atoms with E-state index in [-0.39, 0.29) is 18.7 Å². The van der Waals surface area contributed by atoms with E-state index < -0.39 is 17.7 Å². The van der Waals surface area contributed by atoms with Crippen molar-refractivity contribution in [2.75, 3.05) is 13.2 Å². The molecule has 0 radical (unpaired) electrons. The first kappa shape index (κ1) is 21.8. The fourth-order valence-electron chi connectivity index (χ4n) is 3.35. The molecule has 0 atom stereocenters. The van der Waals surface area contributed by atoms with Crippen LogP contribution in [0.5, 0.6) is 0 Å². The molecule has 0 heterocycles. The molecule has 0 saturated carbocycles. The van der Waals surface area contributed by atoms with Gasteiger partial charge in [0.15, 0.2) is 5.60 Å². The maximum atomic E-state index is 12.9. The summed E-state index contributed by atoms with van der Waals surface area (Å²) in [7, 11) is 0. The first-order chi connectivity index (χ1) is 15.1. The molecule has 5 nitrogen and oxygen atoms in total. The number of rotatable bonds is 8. The maximum absolute atomic E-state index is 12.9. The van der Waals surface area contributed by atoms with Gasteiger partial charge in [0.2, 0.25) is 0 Å². The Morgan fingerprint density at radius 2 is 1.23 bits per heavy atom. The summed E-state index contributed by atoms with van der Waals surface area (Å²) in [6.07, 6.45) is -0.679. The van der Waals surface area contributed by atoms with Crippen LogP contribution in [0.1, 0.15) is 23.6 Å². The van der Waals surface area contributed by atoms with Crippen LogP contribution in [0, 0.1) is 0 Å². The molecular formula is C26H25NO4. The van der Waals surface area contributed by atoms with Gasteiger partial charge < -0.3 is 14.8 Å². The zero-order valence-electron chi connectivity index (χ0n) is 17.4. The highest BCUT2D eigenvalue weighted by atomic mass is 16.6. The summed E-state index contributed by atoms with van der Waals surface area (Å²) < 4.78 is 11.1. The molecule has 0 saturated heterocycles. The van der Waals surface area contributed by atoms with Gasteiger partial charge in [-0.05, 0) is 6.92 Å². The second kappa shape index (κ2) is 10.3. The second-order valence-corrected chi connectivity index (χ2v) is 6.85. The van der Waals surface area contributed by atoms with Crippen molar-refractivity contribution in [2.24, 2.45) is 0 Å². The van der Waals surface area contributed by atoms with Gasteiger partial charge in [-0.25, -0.2) is 9.59 Å². The third-order valence-corrected chi connectivity index (χ3v) is 4.80. The summed E-state index contributed by atoms with van der Waals surface area (Å²) in [6.45, 7) is 5.54. The van der Waals surface area contributed by atoms with Crippen molar-refractivity contribution in [2.45, 2.75) is 12.5 Å². The first-order valence-electron chi connectivity index (χ1n) is 10.1. The Morgan fingerprint density at radius 3 is 1.61 bits per heavy atom. The summed E-state index contributed by atoms with van der Waals surface area (Å²) in [6, 6.07) is 28.7. The summed E-state index contributed by atoms with van der Waals surface area (Å²) in [5.41, 5.74) is 1.35. The highest BCUT2D eigenvalue weighted by Gasteiger charge is 2.40. The fraction of sp³-hybridized carbons (Fsp3) is 0.154. The molecule has 0 aliphatic heterocycles. The van der Waals surface area contributed by atoms with Crippen LogP contribution in [-0.2, 0) is 19.9 Å². The SMILES string of the molecule is C=C(CNC(=O)OC(c1ccccc1)(c1ccccc1)c1ccccc1)C(=O)OCC. The number of amides is 1.